The minimum absolute atomic E-state index is 0.406. The summed E-state index contributed by atoms with van der Waals surface area (Å²) >= 11 is 0. The molecule has 5 atom stereocenters. The molecule has 1 nitrogen and oxygen atoms in total. The second kappa shape index (κ2) is 7.93. The van der Waals surface area contributed by atoms with Crippen LogP contribution in [0.15, 0.2) is 36.4 Å². The minimum atomic E-state index is 0.406. The molecule has 0 bridgehead atoms. The van der Waals surface area contributed by atoms with Crippen LogP contribution in [-0.4, -0.2) is 5.11 Å². The van der Waals surface area contributed by atoms with Crippen molar-refractivity contribution in [2.24, 2.45) is 22.7 Å². The van der Waals surface area contributed by atoms with Crippen molar-refractivity contribution in [3.8, 4) is 5.75 Å². The molecule has 3 aliphatic carbocycles. The highest BCUT2D eigenvalue weighted by atomic mass is 16.3. The molecule has 5 rings (SSSR count). The van der Waals surface area contributed by atoms with Crippen molar-refractivity contribution in [2.45, 2.75) is 97.8 Å². The van der Waals surface area contributed by atoms with E-state index in [-0.39, 0.29) is 0 Å². The van der Waals surface area contributed by atoms with Crippen molar-refractivity contribution < 1.29 is 5.11 Å². The van der Waals surface area contributed by atoms with Gasteiger partial charge in [0, 0.05) is 0 Å². The van der Waals surface area contributed by atoms with E-state index in [1.807, 2.05) is 6.07 Å². The fourth-order valence-electron chi connectivity index (χ4n) is 8.06. The molecule has 2 aromatic rings. The summed E-state index contributed by atoms with van der Waals surface area (Å²) in [5.41, 5.74) is 7.95. The Labute approximate surface area is 195 Å². The van der Waals surface area contributed by atoms with Gasteiger partial charge in [0.05, 0.1) is 0 Å². The Hall–Kier alpha value is -1.76. The van der Waals surface area contributed by atoms with Crippen LogP contribution in [0.2, 0.25) is 0 Å². The first kappa shape index (κ1) is 22.1. The van der Waals surface area contributed by atoms with Crippen LogP contribution in [0.3, 0.4) is 0 Å². The summed E-state index contributed by atoms with van der Waals surface area (Å²) in [4.78, 5) is 0. The molecule has 0 heterocycles. The van der Waals surface area contributed by atoms with E-state index >= 15 is 0 Å². The van der Waals surface area contributed by atoms with Crippen LogP contribution in [0, 0.1) is 29.6 Å². The number of aromatic hydroxyl groups is 1. The molecule has 0 radical (unpaired) electrons. The van der Waals surface area contributed by atoms with E-state index in [9.17, 15) is 5.11 Å². The molecule has 3 aliphatic rings. The Bertz CT molecular complexity index is 984. The first-order valence-corrected chi connectivity index (χ1v) is 13.2. The average molecular weight is 431 g/mol. The Kier molecular flexibility index (Phi) is 5.46. The van der Waals surface area contributed by atoms with E-state index < -0.39 is 0 Å². The lowest BCUT2D eigenvalue weighted by atomic mass is 9.47. The van der Waals surface area contributed by atoms with Crippen LogP contribution in [0.25, 0.3) is 0 Å². The van der Waals surface area contributed by atoms with Crippen molar-refractivity contribution in [1.82, 2.24) is 0 Å². The highest BCUT2D eigenvalue weighted by Gasteiger charge is 2.60. The average Bonchev–Trinajstić information content (AvgIpc) is 3.03. The number of benzene rings is 2. The van der Waals surface area contributed by atoms with Gasteiger partial charge in [-0.3, -0.25) is 0 Å². The molecule has 0 aromatic heterocycles. The summed E-state index contributed by atoms with van der Waals surface area (Å²) in [7, 11) is 0. The van der Waals surface area contributed by atoms with Crippen LogP contribution in [0.1, 0.15) is 106 Å². The monoisotopic (exact) mass is 430 g/mol. The van der Waals surface area contributed by atoms with E-state index in [2.05, 4.69) is 65.0 Å². The zero-order valence-electron chi connectivity index (χ0n) is 20.9. The Balaban J connectivity index is 1.60. The first-order valence-electron chi connectivity index (χ1n) is 13.2. The lowest BCUT2D eigenvalue weighted by Gasteiger charge is -2.57. The van der Waals surface area contributed by atoms with Crippen molar-refractivity contribution in [2.75, 3.05) is 0 Å². The third kappa shape index (κ3) is 3.25. The molecule has 172 valence electrons. The minimum Gasteiger partial charge on any atom is -0.508 e. The van der Waals surface area contributed by atoms with Gasteiger partial charge in [-0.2, -0.15) is 0 Å². The zero-order chi connectivity index (χ0) is 22.7. The standard InChI is InChI=1S/C31H42O/c1-6-7-8-21-9-11-22(12-10-21)26-19-31(5)27(17-18-30(31,3)4)25-14-13-23-20(2)28(32)16-15-24(23)29(25)26/h9-12,15-16,25-27,29,32H,6-8,13-14,17-19H2,1-5H3. The lowest BCUT2D eigenvalue weighted by molar-refractivity contribution is -0.0207. The smallest absolute Gasteiger partial charge is 0.118 e. The summed E-state index contributed by atoms with van der Waals surface area (Å²) in [6.45, 7) is 12.1. The van der Waals surface area contributed by atoms with Crippen molar-refractivity contribution in [3.05, 3.63) is 64.2 Å². The molecule has 5 unspecified atom stereocenters. The Morgan fingerprint density at radius 3 is 2.47 bits per heavy atom. The molecule has 0 spiro atoms. The van der Waals surface area contributed by atoms with Gasteiger partial charge in [0.25, 0.3) is 0 Å². The van der Waals surface area contributed by atoms with Gasteiger partial charge in [-0.15, -0.1) is 0 Å². The molecule has 2 aromatic carbocycles. The second-order valence-electron chi connectivity index (χ2n) is 12.1. The predicted octanol–water partition coefficient (Wildman–Crippen LogP) is 8.32. The van der Waals surface area contributed by atoms with Gasteiger partial charge in [0.2, 0.25) is 0 Å². The maximum absolute atomic E-state index is 10.4. The van der Waals surface area contributed by atoms with E-state index in [0.717, 1.165) is 23.8 Å². The van der Waals surface area contributed by atoms with Crippen LogP contribution in [0.5, 0.6) is 5.75 Å². The van der Waals surface area contributed by atoms with Crippen LogP contribution in [0.4, 0.5) is 0 Å². The van der Waals surface area contributed by atoms with Gasteiger partial charge in [-0.1, -0.05) is 64.4 Å². The van der Waals surface area contributed by atoms with E-state index in [1.165, 1.54) is 56.1 Å². The number of phenolic OH excluding ortho intramolecular Hbond substituents is 1. The zero-order valence-corrected chi connectivity index (χ0v) is 20.9. The molecule has 0 amide bonds. The summed E-state index contributed by atoms with van der Waals surface area (Å²) in [5.74, 6) is 3.22. The van der Waals surface area contributed by atoms with Gasteiger partial charge >= 0.3 is 0 Å². The van der Waals surface area contributed by atoms with E-state index in [1.54, 1.807) is 11.1 Å². The summed E-state index contributed by atoms with van der Waals surface area (Å²) in [5, 5.41) is 10.4. The largest absolute Gasteiger partial charge is 0.508 e. The number of phenols is 1. The summed E-state index contributed by atoms with van der Waals surface area (Å²) in [6.07, 6.45) is 10.2. The van der Waals surface area contributed by atoms with Gasteiger partial charge < -0.3 is 5.11 Å². The van der Waals surface area contributed by atoms with E-state index in [4.69, 9.17) is 0 Å². The highest BCUT2D eigenvalue weighted by molar-refractivity contribution is 5.49. The number of unbranched alkanes of at least 4 members (excludes halogenated alkanes) is 1. The Morgan fingerprint density at radius 2 is 1.75 bits per heavy atom. The maximum atomic E-state index is 10.4. The molecule has 1 N–H and O–H groups in total. The topological polar surface area (TPSA) is 20.2 Å². The molecular formula is C31H42O. The third-order valence-electron chi connectivity index (χ3n) is 10.4. The second-order valence-corrected chi connectivity index (χ2v) is 12.1. The molecule has 2 fully saturated rings. The van der Waals surface area contributed by atoms with E-state index in [0.29, 0.717) is 28.4 Å². The van der Waals surface area contributed by atoms with Gasteiger partial charge in [-0.05, 0) is 120 Å². The predicted molar refractivity (Wildman–Crippen MR) is 134 cm³/mol. The van der Waals surface area contributed by atoms with Gasteiger partial charge in [-0.25, -0.2) is 0 Å². The quantitative estimate of drug-likeness (QED) is 0.517. The number of hydrogen-bond acceptors (Lipinski definition) is 1. The molecule has 2 saturated carbocycles. The first-order chi connectivity index (χ1) is 15.3. The fourth-order valence-corrected chi connectivity index (χ4v) is 8.06. The van der Waals surface area contributed by atoms with Crippen LogP contribution < -0.4 is 0 Å². The SMILES string of the molecule is CCCCc1ccc(C2CC3(C)C(CCC3(C)C)C3CCc4c(ccc(O)c4C)C23)cc1. The highest BCUT2D eigenvalue weighted by Crippen LogP contribution is 2.70. The number of rotatable bonds is 4. The number of aryl methyl sites for hydroxylation is 1. The Morgan fingerprint density at radius 1 is 1.00 bits per heavy atom. The van der Waals surface area contributed by atoms with Crippen molar-refractivity contribution in [3.63, 3.8) is 0 Å². The van der Waals surface area contributed by atoms with Crippen LogP contribution >= 0.6 is 0 Å². The van der Waals surface area contributed by atoms with Crippen molar-refractivity contribution in [1.29, 1.82) is 0 Å². The van der Waals surface area contributed by atoms with Crippen molar-refractivity contribution >= 4 is 0 Å². The maximum Gasteiger partial charge on any atom is 0.118 e. The fraction of sp³-hybridized carbons (Fsp3) is 0.613. The number of hydrogen-bond donors (Lipinski definition) is 1. The third-order valence-corrected chi connectivity index (χ3v) is 10.4. The van der Waals surface area contributed by atoms with Gasteiger partial charge in [0.15, 0.2) is 0 Å². The molecular weight excluding hydrogens is 388 g/mol. The molecule has 1 heteroatoms. The summed E-state index contributed by atoms with van der Waals surface area (Å²) in [6, 6.07) is 14.0. The molecule has 32 heavy (non-hydrogen) atoms. The lowest BCUT2D eigenvalue weighted by Crippen LogP contribution is -2.48. The number of fused-ring (bicyclic) bond motifs is 5. The van der Waals surface area contributed by atoms with Gasteiger partial charge in [0.1, 0.15) is 5.75 Å². The normalized spacial score (nSPS) is 32.8. The summed E-state index contributed by atoms with van der Waals surface area (Å²) < 4.78 is 0. The molecule has 0 saturated heterocycles. The van der Waals surface area contributed by atoms with Crippen LogP contribution in [-0.2, 0) is 12.8 Å². The molecule has 0 aliphatic heterocycles.